The smallest absolute Gasteiger partial charge is 0.135 e. The Kier molecular flexibility index (Phi) is 6.43. The molecule has 5 heteroatoms. The highest BCUT2D eigenvalue weighted by Gasteiger charge is 2.25. The van der Waals surface area contributed by atoms with Crippen LogP contribution in [0.2, 0.25) is 0 Å². The molecule has 3 aromatic heterocycles. The molecule has 0 unspecified atom stereocenters. The van der Waals surface area contributed by atoms with Crippen molar-refractivity contribution in [1.82, 2.24) is 4.57 Å². The number of para-hydroxylation sites is 1. The summed E-state index contributed by atoms with van der Waals surface area (Å²) in [5.41, 5.74) is 9.37. The summed E-state index contributed by atoms with van der Waals surface area (Å²) in [6, 6.07) is 45.2. The highest BCUT2D eigenvalue weighted by Crippen LogP contribution is 2.47. The Bertz CT molecular complexity index is 3190. The number of rotatable bonds is 5. The van der Waals surface area contributed by atoms with Crippen molar-refractivity contribution in [3.63, 3.8) is 0 Å². The maximum Gasteiger partial charge on any atom is 0.135 e. The van der Waals surface area contributed by atoms with E-state index in [-0.39, 0.29) is 0 Å². The second-order valence-electron chi connectivity index (χ2n) is 13.6. The molecule has 11 rings (SSSR count). The molecule has 1 aliphatic rings. The molecule has 0 aliphatic heterocycles. The van der Waals surface area contributed by atoms with E-state index in [1.54, 1.807) is 0 Å². The van der Waals surface area contributed by atoms with Crippen LogP contribution in [0.5, 0.6) is 0 Å². The van der Waals surface area contributed by atoms with Gasteiger partial charge in [-0.25, -0.2) is 0 Å². The maximum absolute atomic E-state index is 6.25. The maximum atomic E-state index is 6.25. The van der Waals surface area contributed by atoms with Crippen LogP contribution in [-0.2, 0) is 13.1 Å². The van der Waals surface area contributed by atoms with Gasteiger partial charge in [0.25, 0.3) is 0 Å². The highest BCUT2D eigenvalue weighted by atomic mass is 32.1. The molecule has 10 aromatic rings. The first-order chi connectivity index (χ1) is 25.8. The van der Waals surface area contributed by atoms with Gasteiger partial charge in [0.1, 0.15) is 17.8 Å². The summed E-state index contributed by atoms with van der Waals surface area (Å²) >= 11 is 1.89. The van der Waals surface area contributed by atoms with E-state index in [1.165, 1.54) is 53.1 Å². The molecule has 0 N–H and O–H groups in total. The topological polar surface area (TPSA) is 42.8 Å². The summed E-state index contributed by atoms with van der Waals surface area (Å²) < 4.78 is 11.4. The standard InChI is InChI=1S/C47H31N3OS/c1-48-45-30-13-3-2-12-28(30)22-24-36(45)44(29-23-25-40-37(26-29)31-14-7-10-20-39(31)51-40)49-27-50-38-19-9-6-17-34(38)42-32-15-4-5-16-33(32)43-35-18-8-11-21-41(35)52-47(43)46(42)50/h2-8,10-18,20-26H,1,9,19,27H2/b49-44-. The van der Waals surface area contributed by atoms with Crippen LogP contribution in [0.4, 0.5) is 5.69 Å². The molecule has 4 nitrogen and oxygen atoms in total. The van der Waals surface area contributed by atoms with Crippen LogP contribution >= 0.6 is 11.3 Å². The van der Waals surface area contributed by atoms with Crippen LogP contribution < -0.4 is 0 Å². The number of furan rings is 1. The van der Waals surface area contributed by atoms with Gasteiger partial charge >= 0.3 is 0 Å². The Balaban J connectivity index is 1.22. The Morgan fingerprint density at radius 1 is 0.712 bits per heavy atom. The molecular formula is C47H31N3OS. The van der Waals surface area contributed by atoms with Gasteiger partial charge in [0.15, 0.2) is 0 Å². The van der Waals surface area contributed by atoms with Crippen LogP contribution in [0, 0.1) is 0 Å². The first-order valence-electron chi connectivity index (χ1n) is 17.8. The first kappa shape index (κ1) is 29.4. The van der Waals surface area contributed by atoms with E-state index < -0.39 is 0 Å². The molecule has 0 saturated carbocycles. The number of aromatic nitrogens is 1. The molecule has 0 fully saturated rings. The van der Waals surface area contributed by atoms with Gasteiger partial charge in [-0.3, -0.25) is 9.98 Å². The second-order valence-corrected chi connectivity index (χ2v) is 14.7. The molecule has 0 bridgehead atoms. The van der Waals surface area contributed by atoms with Crippen molar-refractivity contribution in [3.8, 4) is 0 Å². The third kappa shape index (κ3) is 4.20. The number of hydrogen-bond donors (Lipinski definition) is 0. The second kappa shape index (κ2) is 11.4. The summed E-state index contributed by atoms with van der Waals surface area (Å²) in [7, 11) is 0. The van der Waals surface area contributed by atoms with E-state index in [1.807, 2.05) is 23.5 Å². The molecule has 0 saturated heterocycles. The van der Waals surface area contributed by atoms with Gasteiger partial charge in [-0.05, 0) is 72.1 Å². The molecule has 0 atom stereocenters. The van der Waals surface area contributed by atoms with Gasteiger partial charge in [0.05, 0.1) is 21.6 Å². The zero-order chi connectivity index (χ0) is 34.3. The van der Waals surface area contributed by atoms with Gasteiger partial charge in [0, 0.05) is 59.4 Å². The number of aliphatic imine (C=N–C) groups is 2. The molecule has 0 spiro atoms. The lowest BCUT2D eigenvalue weighted by molar-refractivity contribution is 0.669. The summed E-state index contributed by atoms with van der Waals surface area (Å²) in [4.78, 5) is 10.3. The lowest BCUT2D eigenvalue weighted by Crippen LogP contribution is -2.09. The van der Waals surface area contributed by atoms with Gasteiger partial charge in [-0.15, -0.1) is 11.3 Å². The number of thiophene rings is 1. The zero-order valence-corrected chi connectivity index (χ0v) is 29.1. The third-order valence-electron chi connectivity index (χ3n) is 10.9. The Morgan fingerprint density at radius 3 is 2.31 bits per heavy atom. The Hall–Kier alpha value is -6.30. The van der Waals surface area contributed by atoms with Crippen molar-refractivity contribution < 1.29 is 4.42 Å². The van der Waals surface area contributed by atoms with E-state index in [2.05, 4.69) is 144 Å². The average molecular weight is 686 g/mol. The molecule has 0 amide bonds. The fourth-order valence-corrected chi connectivity index (χ4v) is 9.86. The number of hydrogen-bond acceptors (Lipinski definition) is 4. The predicted molar refractivity (Wildman–Crippen MR) is 222 cm³/mol. The summed E-state index contributed by atoms with van der Waals surface area (Å²) in [5.74, 6) is 0. The van der Waals surface area contributed by atoms with Crippen LogP contribution in [0.1, 0.15) is 28.8 Å². The normalized spacial score (nSPS) is 13.4. The third-order valence-corrected chi connectivity index (χ3v) is 12.0. The average Bonchev–Trinajstić information content (AvgIpc) is 3.88. The van der Waals surface area contributed by atoms with Crippen molar-refractivity contribution in [3.05, 3.63) is 156 Å². The van der Waals surface area contributed by atoms with E-state index >= 15 is 0 Å². The molecule has 7 aromatic carbocycles. The lowest BCUT2D eigenvalue weighted by atomic mass is 9.95. The summed E-state index contributed by atoms with van der Waals surface area (Å²) in [6.45, 7) is 4.52. The monoisotopic (exact) mass is 685 g/mol. The minimum atomic E-state index is 0.463. The van der Waals surface area contributed by atoms with Gasteiger partial charge in [-0.1, -0.05) is 103 Å². The molecule has 0 radical (unpaired) electrons. The SMILES string of the molecule is C=Nc1c(/C(=N\Cn2c3c(c4c5ccccc5c5c6ccccc6sc5c42)C=CCC3)c2ccc3oc4ccccc4c3c2)ccc2ccccc12. The highest BCUT2D eigenvalue weighted by molar-refractivity contribution is 7.27. The minimum Gasteiger partial charge on any atom is -0.456 e. The van der Waals surface area contributed by atoms with E-state index in [9.17, 15) is 0 Å². The van der Waals surface area contributed by atoms with Crippen LogP contribution in [0.25, 0.3) is 80.6 Å². The molecule has 246 valence electrons. The first-order valence-corrected chi connectivity index (χ1v) is 18.6. The molecule has 3 heterocycles. The van der Waals surface area contributed by atoms with Crippen molar-refractivity contribution >= 4 is 110 Å². The predicted octanol–water partition coefficient (Wildman–Crippen LogP) is 13.0. The van der Waals surface area contributed by atoms with Crippen LogP contribution in [0.3, 0.4) is 0 Å². The van der Waals surface area contributed by atoms with E-state index in [0.717, 1.165) is 68.1 Å². The summed E-state index contributed by atoms with van der Waals surface area (Å²) in [6.07, 6.45) is 6.64. The van der Waals surface area contributed by atoms with Crippen LogP contribution in [-0.4, -0.2) is 17.0 Å². The zero-order valence-electron chi connectivity index (χ0n) is 28.3. The quantitative estimate of drug-likeness (QED) is 0.166. The number of allylic oxidation sites excluding steroid dienone is 1. The fraction of sp³-hybridized carbons (Fsp3) is 0.0638. The largest absolute Gasteiger partial charge is 0.456 e. The Labute approximate surface area is 303 Å². The van der Waals surface area contributed by atoms with Crippen molar-refractivity contribution in [2.75, 3.05) is 0 Å². The number of nitrogens with zero attached hydrogens (tertiary/aromatic N) is 3. The fourth-order valence-electron chi connectivity index (χ4n) is 8.58. The lowest BCUT2D eigenvalue weighted by Gasteiger charge is -2.15. The Morgan fingerprint density at radius 2 is 1.44 bits per heavy atom. The van der Waals surface area contributed by atoms with Gasteiger partial charge < -0.3 is 8.98 Å². The van der Waals surface area contributed by atoms with Crippen LogP contribution in [0.15, 0.2) is 148 Å². The van der Waals surface area contributed by atoms with Crippen molar-refractivity contribution in [2.45, 2.75) is 19.5 Å². The summed E-state index contributed by atoms with van der Waals surface area (Å²) in [5, 5.41) is 10.9. The van der Waals surface area contributed by atoms with Gasteiger partial charge in [0.2, 0.25) is 0 Å². The van der Waals surface area contributed by atoms with Crippen molar-refractivity contribution in [1.29, 1.82) is 0 Å². The van der Waals surface area contributed by atoms with Crippen molar-refractivity contribution in [2.24, 2.45) is 9.98 Å². The van der Waals surface area contributed by atoms with Gasteiger partial charge in [-0.2, -0.15) is 0 Å². The van der Waals surface area contributed by atoms with E-state index in [4.69, 9.17) is 9.41 Å². The number of fused-ring (bicyclic) bond motifs is 14. The minimum absolute atomic E-state index is 0.463. The van der Waals surface area contributed by atoms with E-state index in [0.29, 0.717) is 6.67 Å². The molecule has 52 heavy (non-hydrogen) atoms. The molecular weight excluding hydrogens is 655 g/mol. The number of benzene rings is 7. The molecule has 1 aliphatic carbocycles.